The van der Waals surface area contributed by atoms with Crippen molar-refractivity contribution >= 4 is 82.1 Å². The quantitative estimate of drug-likeness (QED) is 0.168. The minimum atomic E-state index is 0.914. The van der Waals surface area contributed by atoms with Gasteiger partial charge in [-0.1, -0.05) is 152 Å². The largest absolute Gasteiger partial charge is 0.456 e. The van der Waals surface area contributed by atoms with Gasteiger partial charge in [0.05, 0.1) is 11.4 Å². The molecule has 0 saturated carbocycles. The number of furan rings is 1. The number of rotatable bonds is 5. The topological polar surface area (TPSA) is 16.4 Å². The summed E-state index contributed by atoms with van der Waals surface area (Å²) in [6, 6.07) is 72.3. The number of anilines is 3. The lowest BCUT2D eigenvalue weighted by Crippen LogP contribution is -2.11. The fraction of sp³-hybridized carbons (Fsp3) is 0. The number of fused-ring (bicyclic) bond motifs is 11. The summed E-state index contributed by atoms with van der Waals surface area (Å²) in [5, 5.41) is 12.2. The minimum absolute atomic E-state index is 0.914. The summed E-state index contributed by atoms with van der Waals surface area (Å²) in [4.78, 5) is 2.43. The highest BCUT2D eigenvalue weighted by Crippen LogP contribution is 2.47. The molecule has 2 heteroatoms. The third kappa shape index (κ3) is 4.74. The van der Waals surface area contributed by atoms with E-state index in [1.165, 1.54) is 59.6 Å². The molecule has 0 aliphatic rings. The standard InChI is InChI=1S/C52H33NO/c1-2-13-34(14-3-1)35-25-28-38(29-26-35)53(48-23-12-16-36-15-4-5-17-39(36)48)47-22-10-8-18-40(47)37-27-30-42-41-19-6-7-20-43(41)51-44(46(42)33-37)31-32-50-52(51)45-21-9-11-24-49(45)54-50/h1-33H. The molecule has 0 amide bonds. The van der Waals surface area contributed by atoms with Crippen LogP contribution in [-0.2, 0) is 0 Å². The molecule has 0 unspecified atom stereocenters. The lowest BCUT2D eigenvalue weighted by molar-refractivity contribution is 0.669. The van der Waals surface area contributed by atoms with E-state index in [1.807, 2.05) is 6.07 Å². The summed E-state index contributed by atoms with van der Waals surface area (Å²) in [7, 11) is 0. The number of hydrogen-bond acceptors (Lipinski definition) is 2. The summed E-state index contributed by atoms with van der Waals surface area (Å²) in [5.41, 5.74) is 9.92. The summed E-state index contributed by atoms with van der Waals surface area (Å²) in [5.74, 6) is 0. The molecule has 1 heterocycles. The van der Waals surface area contributed by atoms with Gasteiger partial charge >= 0.3 is 0 Å². The van der Waals surface area contributed by atoms with Gasteiger partial charge in [-0.15, -0.1) is 0 Å². The summed E-state index contributed by atoms with van der Waals surface area (Å²) in [6.07, 6.45) is 0. The van der Waals surface area contributed by atoms with Crippen LogP contribution in [0.2, 0.25) is 0 Å². The van der Waals surface area contributed by atoms with Gasteiger partial charge in [0.2, 0.25) is 0 Å². The second-order valence-corrected chi connectivity index (χ2v) is 14.0. The van der Waals surface area contributed by atoms with Crippen LogP contribution in [0.5, 0.6) is 0 Å². The number of nitrogens with zero attached hydrogens (tertiary/aromatic N) is 1. The van der Waals surface area contributed by atoms with Crippen LogP contribution in [0.15, 0.2) is 205 Å². The second-order valence-electron chi connectivity index (χ2n) is 14.0. The smallest absolute Gasteiger partial charge is 0.136 e. The van der Waals surface area contributed by atoms with E-state index in [2.05, 4.69) is 199 Å². The van der Waals surface area contributed by atoms with E-state index < -0.39 is 0 Å². The fourth-order valence-electron chi connectivity index (χ4n) is 8.58. The molecule has 0 bridgehead atoms. The van der Waals surface area contributed by atoms with E-state index in [9.17, 15) is 0 Å². The highest BCUT2D eigenvalue weighted by molar-refractivity contribution is 6.34. The molecule has 0 aliphatic carbocycles. The van der Waals surface area contributed by atoms with E-state index in [-0.39, 0.29) is 0 Å². The number of benzene rings is 10. The number of para-hydroxylation sites is 2. The molecule has 0 aliphatic heterocycles. The zero-order valence-electron chi connectivity index (χ0n) is 29.4. The fourth-order valence-corrected chi connectivity index (χ4v) is 8.58. The molecule has 2 nitrogen and oxygen atoms in total. The van der Waals surface area contributed by atoms with Crippen molar-refractivity contribution in [2.45, 2.75) is 0 Å². The average molecular weight is 688 g/mol. The van der Waals surface area contributed by atoms with Crippen LogP contribution < -0.4 is 4.90 Å². The molecule has 10 aromatic carbocycles. The van der Waals surface area contributed by atoms with Gasteiger partial charge in [0, 0.05) is 32.8 Å². The van der Waals surface area contributed by atoms with Crippen LogP contribution in [0, 0.1) is 0 Å². The molecule has 0 N–H and O–H groups in total. The van der Waals surface area contributed by atoms with Crippen molar-refractivity contribution in [3.05, 3.63) is 200 Å². The van der Waals surface area contributed by atoms with Crippen molar-refractivity contribution in [3.63, 3.8) is 0 Å². The zero-order valence-corrected chi connectivity index (χ0v) is 29.4. The van der Waals surface area contributed by atoms with Crippen LogP contribution in [0.3, 0.4) is 0 Å². The Morgan fingerprint density at radius 2 is 0.907 bits per heavy atom. The van der Waals surface area contributed by atoms with Gasteiger partial charge in [0.1, 0.15) is 11.2 Å². The number of hydrogen-bond donors (Lipinski definition) is 0. The maximum absolute atomic E-state index is 6.40. The molecule has 0 atom stereocenters. The van der Waals surface area contributed by atoms with E-state index in [4.69, 9.17) is 4.42 Å². The van der Waals surface area contributed by atoms with Crippen molar-refractivity contribution < 1.29 is 4.42 Å². The van der Waals surface area contributed by atoms with Gasteiger partial charge < -0.3 is 9.32 Å². The highest BCUT2D eigenvalue weighted by Gasteiger charge is 2.21. The Hall–Kier alpha value is -7.16. The van der Waals surface area contributed by atoms with Gasteiger partial charge in [0.25, 0.3) is 0 Å². The Morgan fingerprint density at radius 3 is 1.78 bits per heavy atom. The van der Waals surface area contributed by atoms with Crippen molar-refractivity contribution in [1.82, 2.24) is 0 Å². The van der Waals surface area contributed by atoms with E-state index >= 15 is 0 Å². The normalized spacial score (nSPS) is 11.7. The van der Waals surface area contributed by atoms with E-state index in [1.54, 1.807) is 0 Å². The lowest BCUT2D eigenvalue weighted by atomic mass is 9.90. The predicted molar refractivity (Wildman–Crippen MR) is 229 cm³/mol. The Balaban J connectivity index is 1.16. The molecule has 54 heavy (non-hydrogen) atoms. The van der Waals surface area contributed by atoms with Crippen LogP contribution in [0.25, 0.3) is 87.3 Å². The maximum atomic E-state index is 6.40. The van der Waals surface area contributed by atoms with Crippen LogP contribution in [0.4, 0.5) is 17.1 Å². The zero-order chi connectivity index (χ0) is 35.6. The molecule has 1 aromatic heterocycles. The molecular weight excluding hydrogens is 655 g/mol. The first-order valence-electron chi connectivity index (χ1n) is 18.5. The van der Waals surface area contributed by atoms with Crippen molar-refractivity contribution in [2.24, 2.45) is 0 Å². The molecule has 11 rings (SSSR count). The highest BCUT2D eigenvalue weighted by atomic mass is 16.3. The summed E-state index contributed by atoms with van der Waals surface area (Å²) < 4.78 is 6.40. The summed E-state index contributed by atoms with van der Waals surface area (Å²) >= 11 is 0. The van der Waals surface area contributed by atoms with Crippen LogP contribution in [-0.4, -0.2) is 0 Å². The third-order valence-corrected chi connectivity index (χ3v) is 11.0. The molecule has 252 valence electrons. The monoisotopic (exact) mass is 687 g/mol. The Bertz CT molecular complexity index is 3210. The van der Waals surface area contributed by atoms with Gasteiger partial charge in [-0.2, -0.15) is 0 Å². The van der Waals surface area contributed by atoms with Crippen LogP contribution in [0.1, 0.15) is 0 Å². The van der Waals surface area contributed by atoms with Crippen LogP contribution >= 0.6 is 0 Å². The molecule has 0 radical (unpaired) electrons. The van der Waals surface area contributed by atoms with Crippen molar-refractivity contribution in [1.29, 1.82) is 0 Å². The molecule has 0 fully saturated rings. The van der Waals surface area contributed by atoms with Gasteiger partial charge in [0.15, 0.2) is 0 Å². The van der Waals surface area contributed by atoms with E-state index in [0.29, 0.717) is 0 Å². The SMILES string of the molecule is c1ccc(-c2ccc(N(c3ccccc3-c3ccc4c5ccccc5c5c(ccc6oc7ccccc7c65)c4c3)c3cccc4ccccc34)cc2)cc1. The first-order valence-corrected chi connectivity index (χ1v) is 18.5. The summed E-state index contributed by atoms with van der Waals surface area (Å²) in [6.45, 7) is 0. The Morgan fingerprint density at radius 1 is 0.315 bits per heavy atom. The molecule has 0 saturated heterocycles. The minimum Gasteiger partial charge on any atom is -0.456 e. The van der Waals surface area contributed by atoms with E-state index in [0.717, 1.165) is 44.7 Å². The molecule has 0 spiro atoms. The van der Waals surface area contributed by atoms with Crippen molar-refractivity contribution in [3.8, 4) is 22.3 Å². The third-order valence-electron chi connectivity index (χ3n) is 11.0. The lowest BCUT2D eigenvalue weighted by Gasteiger charge is -2.29. The second kappa shape index (κ2) is 12.2. The van der Waals surface area contributed by atoms with Gasteiger partial charge in [-0.3, -0.25) is 0 Å². The first kappa shape index (κ1) is 30.5. The van der Waals surface area contributed by atoms with Gasteiger partial charge in [-0.25, -0.2) is 0 Å². The Kier molecular flexibility index (Phi) is 6.90. The predicted octanol–water partition coefficient (Wildman–Crippen LogP) is 15.0. The average Bonchev–Trinajstić information content (AvgIpc) is 3.63. The first-order chi connectivity index (χ1) is 26.8. The maximum Gasteiger partial charge on any atom is 0.136 e. The Labute approximate surface area is 312 Å². The molecule has 11 aromatic rings. The van der Waals surface area contributed by atoms with Gasteiger partial charge in [-0.05, 0) is 97.5 Å². The molecular formula is C52H33NO. The van der Waals surface area contributed by atoms with Crippen molar-refractivity contribution in [2.75, 3.05) is 4.90 Å².